The van der Waals surface area contributed by atoms with Crippen LogP contribution in [-0.4, -0.2) is 15.5 Å². The van der Waals surface area contributed by atoms with Crippen molar-refractivity contribution in [2.75, 3.05) is 0 Å². The lowest BCUT2D eigenvalue weighted by Crippen LogP contribution is -2.08. The Bertz CT molecular complexity index is 307. The maximum absolute atomic E-state index is 10.9. The van der Waals surface area contributed by atoms with Crippen molar-refractivity contribution < 1.29 is 4.21 Å². The second-order valence-electron chi connectivity index (χ2n) is 1.65. The first-order valence-corrected chi connectivity index (χ1v) is 3.64. The Kier molecular flexibility index (Phi) is 1.07. The Morgan fingerprint density at radius 1 is 1.50 bits per heavy atom. The zero-order valence-corrected chi connectivity index (χ0v) is 5.58. The number of hydrogen-bond donors (Lipinski definition) is 0. The molecule has 0 aromatic heterocycles. The molecule has 0 amide bonds. The third-order valence-corrected chi connectivity index (χ3v) is 2.00. The highest BCUT2D eigenvalue weighted by atomic mass is 32.2. The molecule has 0 saturated heterocycles. The Balaban J connectivity index is 2.54. The standard InChI is InChI=1S/C4H2N4OS/c9-10-4-3(1-2-5-10)6-8-7-4/h1-2H. The minimum Gasteiger partial charge on any atom is -0.228 e. The molecule has 0 saturated carbocycles. The normalized spacial score (nSPS) is 27.8. The average molecular weight is 154 g/mol. The van der Waals surface area contributed by atoms with Gasteiger partial charge in [0.15, 0.2) is 11.0 Å². The van der Waals surface area contributed by atoms with Crippen molar-refractivity contribution in [2.24, 2.45) is 19.8 Å². The minimum absolute atomic E-state index is 0.350. The van der Waals surface area contributed by atoms with Crippen LogP contribution in [0.5, 0.6) is 0 Å². The second-order valence-corrected chi connectivity index (χ2v) is 2.75. The molecular formula is C4H2N4OS. The Morgan fingerprint density at radius 2 is 2.40 bits per heavy atom. The van der Waals surface area contributed by atoms with Crippen molar-refractivity contribution in [3.63, 3.8) is 0 Å². The van der Waals surface area contributed by atoms with Crippen LogP contribution in [0, 0.1) is 0 Å². The van der Waals surface area contributed by atoms with Crippen LogP contribution >= 0.6 is 0 Å². The molecular weight excluding hydrogens is 152 g/mol. The van der Waals surface area contributed by atoms with Crippen molar-refractivity contribution in [2.45, 2.75) is 0 Å². The summed E-state index contributed by atoms with van der Waals surface area (Å²) in [5, 5.41) is 10.8. The van der Waals surface area contributed by atoms with E-state index in [9.17, 15) is 4.21 Å². The van der Waals surface area contributed by atoms with E-state index >= 15 is 0 Å². The fraction of sp³-hybridized carbons (Fsp3) is 0. The first kappa shape index (κ1) is 5.60. The monoisotopic (exact) mass is 154 g/mol. The quantitative estimate of drug-likeness (QED) is 0.498. The molecule has 0 aliphatic carbocycles. The van der Waals surface area contributed by atoms with E-state index < -0.39 is 11.0 Å². The molecule has 2 aliphatic heterocycles. The first-order valence-electron chi connectivity index (χ1n) is 2.53. The van der Waals surface area contributed by atoms with E-state index in [1.54, 1.807) is 6.08 Å². The Morgan fingerprint density at radius 3 is 3.20 bits per heavy atom. The van der Waals surface area contributed by atoms with E-state index in [1.807, 2.05) is 0 Å². The largest absolute Gasteiger partial charge is 0.228 e. The molecule has 0 spiro atoms. The van der Waals surface area contributed by atoms with Crippen molar-refractivity contribution in [1.29, 1.82) is 0 Å². The third kappa shape index (κ3) is 0.655. The molecule has 0 fully saturated rings. The van der Waals surface area contributed by atoms with Gasteiger partial charge in [0.25, 0.3) is 0 Å². The van der Waals surface area contributed by atoms with Gasteiger partial charge in [-0.05, 0) is 11.3 Å². The van der Waals surface area contributed by atoms with Crippen LogP contribution in [0.2, 0.25) is 0 Å². The van der Waals surface area contributed by atoms with Crippen molar-refractivity contribution in [3.05, 3.63) is 11.8 Å². The van der Waals surface area contributed by atoms with Crippen molar-refractivity contribution in [3.8, 4) is 0 Å². The van der Waals surface area contributed by atoms with Gasteiger partial charge in [-0.15, -0.1) is 10.2 Å². The number of hydrogen-bond acceptors (Lipinski definition) is 4. The molecule has 0 aromatic rings. The van der Waals surface area contributed by atoms with Crippen molar-refractivity contribution in [1.82, 2.24) is 0 Å². The van der Waals surface area contributed by atoms with E-state index in [4.69, 9.17) is 0 Å². The van der Waals surface area contributed by atoms with Gasteiger partial charge in [-0.2, -0.15) is 4.40 Å². The highest BCUT2D eigenvalue weighted by molar-refractivity contribution is 8.00. The molecule has 10 heavy (non-hydrogen) atoms. The van der Waals surface area contributed by atoms with Gasteiger partial charge < -0.3 is 0 Å². The molecule has 2 heterocycles. The summed E-state index contributed by atoms with van der Waals surface area (Å²) in [5.41, 5.74) is 0.549. The van der Waals surface area contributed by atoms with Crippen molar-refractivity contribution >= 4 is 22.2 Å². The number of allylic oxidation sites excluding steroid dienone is 1. The van der Waals surface area contributed by atoms with Crippen LogP contribution < -0.4 is 0 Å². The van der Waals surface area contributed by atoms with E-state index in [0.29, 0.717) is 10.7 Å². The van der Waals surface area contributed by atoms with Crippen LogP contribution in [-0.2, 0) is 11.0 Å². The minimum atomic E-state index is -1.38. The second kappa shape index (κ2) is 1.91. The topological polar surface area (TPSA) is 66.5 Å². The predicted molar refractivity (Wildman–Crippen MR) is 37.0 cm³/mol. The predicted octanol–water partition coefficient (Wildman–Crippen LogP) is 0.398. The van der Waals surface area contributed by atoms with Crippen LogP contribution in [0.3, 0.4) is 0 Å². The molecule has 0 N–H and O–H groups in total. The lowest BCUT2D eigenvalue weighted by Gasteiger charge is -1.96. The van der Waals surface area contributed by atoms with Gasteiger partial charge in [-0.3, -0.25) is 0 Å². The summed E-state index contributed by atoms with van der Waals surface area (Å²) in [6, 6.07) is 0. The molecule has 2 aliphatic rings. The number of fused-ring (bicyclic) bond motifs is 1. The molecule has 0 radical (unpaired) electrons. The Hall–Kier alpha value is -1.17. The molecule has 1 atom stereocenters. The van der Waals surface area contributed by atoms with Crippen LogP contribution in [0.1, 0.15) is 0 Å². The fourth-order valence-electron chi connectivity index (χ4n) is 0.640. The van der Waals surface area contributed by atoms with E-state index in [0.717, 1.165) is 0 Å². The highest BCUT2D eigenvalue weighted by Crippen LogP contribution is 2.15. The van der Waals surface area contributed by atoms with Gasteiger partial charge in [0.05, 0.1) is 0 Å². The summed E-state index contributed by atoms with van der Waals surface area (Å²) < 4.78 is 14.5. The van der Waals surface area contributed by atoms with E-state index in [-0.39, 0.29) is 0 Å². The summed E-state index contributed by atoms with van der Waals surface area (Å²) >= 11 is 0. The molecule has 0 aromatic carbocycles. The zero-order valence-electron chi connectivity index (χ0n) is 4.76. The van der Waals surface area contributed by atoms with Gasteiger partial charge in [0.2, 0.25) is 5.04 Å². The third-order valence-electron chi connectivity index (χ3n) is 1.06. The molecule has 50 valence electrons. The van der Waals surface area contributed by atoms with Crippen LogP contribution in [0.15, 0.2) is 31.6 Å². The lowest BCUT2D eigenvalue weighted by molar-refractivity contribution is 0.691. The summed E-state index contributed by atoms with van der Waals surface area (Å²) in [5.74, 6) is 0. The van der Waals surface area contributed by atoms with E-state index in [1.165, 1.54) is 6.21 Å². The maximum atomic E-state index is 10.9. The lowest BCUT2D eigenvalue weighted by atomic mass is 10.4. The average Bonchev–Trinajstić information content (AvgIpc) is 2.36. The summed E-state index contributed by atoms with van der Waals surface area (Å²) in [6.07, 6.45) is 3.06. The van der Waals surface area contributed by atoms with Gasteiger partial charge in [0.1, 0.15) is 5.70 Å². The van der Waals surface area contributed by atoms with Gasteiger partial charge >= 0.3 is 0 Å². The number of rotatable bonds is 0. The fourth-order valence-corrected chi connectivity index (χ4v) is 1.31. The van der Waals surface area contributed by atoms with Crippen LogP contribution in [0.4, 0.5) is 0 Å². The Labute approximate surface area is 58.9 Å². The molecule has 2 rings (SSSR count). The van der Waals surface area contributed by atoms with Gasteiger partial charge in [-0.25, -0.2) is 4.21 Å². The highest BCUT2D eigenvalue weighted by Gasteiger charge is 2.20. The van der Waals surface area contributed by atoms with E-state index in [2.05, 4.69) is 19.8 Å². The zero-order chi connectivity index (χ0) is 6.97. The molecule has 6 heteroatoms. The molecule has 0 bridgehead atoms. The van der Waals surface area contributed by atoms with Gasteiger partial charge in [0, 0.05) is 6.21 Å². The first-order chi connectivity index (χ1) is 4.88. The number of nitrogens with zero attached hydrogens (tertiary/aromatic N) is 4. The summed E-state index contributed by atoms with van der Waals surface area (Å²) in [6.45, 7) is 0. The van der Waals surface area contributed by atoms with Gasteiger partial charge in [-0.1, -0.05) is 0 Å². The molecule has 5 nitrogen and oxygen atoms in total. The maximum Gasteiger partial charge on any atom is 0.202 e. The summed E-state index contributed by atoms with van der Waals surface area (Å²) in [4.78, 5) is 0. The molecule has 1 unspecified atom stereocenters. The summed E-state index contributed by atoms with van der Waals surface area (Å²) in [7, 11) is -1.38. The smallest absolute Gasteiger partial charge is 0.202 e. The van der Waals surface area contributed by atoms with Crippen LogP contribution in [0.25, 0.3) is 0 Å². The SMILES string of the molecule is O=S1N=CC=C2N=NN=C21.